The lowest BCUT2D eigenvalue weighted by Gasteiger charge is -2.04. The van der Waals surface area contributed by atoms with Gasteiger partial charge in [0.05, 0.1) is 12.2 Å². The van der Waals surface area contributed by atoms with Crippen LogP contribution in [-0.2, 0) is 14.3 Å². The molecule has 0 radical (unpaired) electrons. The van der Waals surface area contributed by atoms with E-state index in [4.69, 9.17) is 9.47 Å². The van der Waals surface area contributed by atoms with Gasteiger partial charge in [0, 0.05) is 6.42 Å². The number of hydrogen-bond acceptors (Lipinski definition) is 4. The van der Waals surface area contributed by atoms with E-state index in [0.29, 0.717) is 30.6 Å². The molecule has 4 heteroatoms. The molecular weight excluding hydrogens is 268 g/mol. The highest BCUT2D eigenvalue weighted by Crippen LogP contribution is 2.03. The summed E-state index contributed by atoms with van der Waals surface area (Å²) in [5, 5.41) is 0. The van der Waals surface area contributed by atoms with Crippen LogP contribution in [0.4, 0.5) is 0 Å². The summed E-state index contributed by atoms with van der Waals surface area (Å²) in [6.07, 6.45) is 4.59. The first-order valence-corrected chi connectivity index (χ1v) is 6.85. The number of hydrogen-bond donors (Lipinski definition) is 0. The molecule has 0 atom stereocenters. The van der Waals surface area contributed by atoms with Crippen LogP contribution in [0.3, 0.4) is 0 Å². The summed E-state index contributed by atoms with van der Waals surface area (Å²) in [5.74, 6) is -0.582. The second-order valence-corrected chi connectivity index (χ2v) is 4.37. The van der Waals surface area contributed by atoms with Crippen molar-refractivity contribution in [3.05, 3.63) is 60.2 Å². The Morgan fingerprint density at radius 1 is 1.19 bits per heavy atom. The van der Waals surface area contributed by atoms with E-state index in [1.807, 2.05) is 12.1 Å². The van der Waals surface area contributed by atoms with Gasteiger partial charge in [-0.15, -0.1) is 0 Å². The van der Waals surface area contributed by atoms with Crippen LogP contribution in [0, 0.1) is 0 Å². The van der Waals surface area contributed by atoms with E-state index in [1.165, 1.54) is 0 Å². The van der Waals surface area contributed by atoms with Crippen LogP contribution in [0.15, 0.2) is 54.6 Å². The molecule has 0 unspecified atom stereocenters. The quantitative estimate of drug-likeness (QED) is 0.418. The van der Waals surface area contributed by atoms with Crippen molar-refractivity contribution in [3.63, 3.8) is 0 Å². The zero-order valence-corrected chi connectivity index (χ0v) is 12.2. The summed E-state index contributed by atoms with van der Waals surface area (Å²) in [4.78, 5) is 22.6. The van der Waals surface area contributed by atoms with Gasteiger partial charge in [-0.25, -0.2) is 4.79 Å². The molecule has 0 bridgehead atoms. The molecule has 4 nitrogen and oxygen atoms in total. The molecule has 0 aliphatic rings. The van der Waals surface area contributed by atoms with Crippen molar-refractivity contribution >= 4 is 11.9 Å². The van der Waals surface area contributed by atoms with E-state index in [0.717, 1.165) is 0 Å². The Kier molecular flexibility index (Phi) is 7.58. The molecule has 0 saturated heterocycles. The van der Waals surface area contributed by atoms with Crippen LogP contribution in [0.5, 0.6) is 0 Å². The minimum absolute atomic E-state index is 0.138. The van der Waals surface area contributed by atoms with Gasteiger partial charge in [-0.3, -0.25) is 4.79 Å². The Balaban J connectivity index is 2.22. The summed E-state index contributed by atoms with van der Waals surface area (Å²) in [6, 6.07) is 8.79. The average molecular weight is 288 g/mol. The van der Waals surface area contributed by atoms with Crippen molar-refractivity contribution < 1.29 is 19.1 Å². The Bertz CT molecular complexity index is 503. The minimum atomic E-state index is -0.373. The monoisotopic (exact) mass is 288 g/mol. The van der Waals surface area contributed by atoms with E-state index in [2.05, 4.69) is 6.58 Å². The van der Waals surface area contributed by atoms with Crippen molar-refractivity contribution in [2.24, 2.45) is 0 Å². The van der Waals surface area contributed by atoms with Crippen molar-refractivity contribution in [3.8, 4) is 0 Å². The standard InChI is InChI=1S/C17H20O4/c1-3-16(18)20-12-8-7-9-14(2)13-21-17(19)15-10-5-4-6-11-15/h4-7,9-11H,2-3,8,12-13H2,1H3/b9-7-. The fourth-order valence-electron chi connectivity index (χ4n) is 1.46. The number of carbonyl (C=O) groups is 2. The highest BCUT2D eigenvalue weighted by atomic mass is 16.5. The Labute approximate surface area is 125 Å². The summed E-state index contributed by atoms with van der Waals surface area (Å²) in [7, 11) is 0. The molecule has 0 aliphatic carbocycles. The number of carbonyl (C=O) groups excluding carboxylic acids is 2. The van der Waals surface area contributed by atoms with E-state index in [9.17, 15) is 9.59 Å². The lowest BCUT2D eigenvalue weighted by atomic mass is 10.2. The van der Waals surface area contributed by atoms with Crippen LogP contribution in [0.25, 0.3) is 0 Å². The number of ether oxygens (including phenoxy) is 2. The van der Waals surface area contributed by atoms with Gasteiger partial charge in [0.25, 0.3) is 0 Å². The summed E-state index contributed by atoms with van der Waals surface area (Å²) < 4.78 is 10.1. The highest BCUT2D eigenvalue weighted by molar-refractivity contribution is 5.89. The fourth-order valence-corrected chi connectivity index (χ4v) is 1.46. The maximum atomic E-state index is 11.7. The SMILES string of the molecule is C=C(/C=C\CCOC(=O)CC)COC(=O)c1ccccc1. The second kappa shape index (κ2) is 9.53. The number of rotatable bonds is 8. The smallest absolute Gasteiger partial charge is 0.338 e. The maximum absolute atomic E-state index is 11.7. The Morgan fingerprint density at radius 3 is 2.57 bits per heavy atom. The van der Waals surface area contributed by atoms with Gasteiger partial charge in [-0.05, 0) is 24.1 Å². The third kappa shape index (κ3) is 7.11. The van der Waals surface area contributed by atoms with E-state index in [1.54, 1.807) is 37.3 Å². The van der Waals surface area contributed by atoms with Crippen molar-refractivity contribution in [2.75, 3.05) is 13.2 Å². The third-order valence-electron chi connectivity index (χ3n) is 2.59. The van der Waals surface area contributed by atoms with E-state index >= 15 is 0 Å². The van der Waals surface area contributed by atoms with Crippen LogP contribution < -0.4 is 0 Å². The van der Waals surface area contributed by atoms with Gasteiger partial charge >= 0.3 is 11.9 Å². The molecule has 112 valence electrons. The lowest BCUT2D eigenvalue weighted by Crippen LogP contribution is -2.06. The Morgan fingerprint density at radius 2 is 1.90 bits per heavy atom. The van der Waals surface area contributed by atoms with Gasteiger partial charge in [-0.2, -0.15) is 0 Å². The van der Waals surface area contributed by atoms with Gasteiger partial charge in [0.15, 0.2) is 0 Å². The first kappa shape index (κ1) is 16.7. The molecule has 0 aliphatic heterocycles. The van der Waals surface area contributed by atoms with Gasteiger partial charge < -0.3 is 9.47 Å². The number of benzene rings is 1. The van der Waals surface area contributed by atoms with Crippen molar-refractivity contribution in [1.82, 2.24) is 0 Å². The topological polar surface area (TPSA) is 52.6 Å². The number of esters is 2. The van der Waals surface area contributed by atoms with Gasteiger partial charge in [0.2, 0.25) is 0 Å². The van der Waals surface area contributed by atoms with Crippen LogP contribution in [-0.4, -0.2) is 25.2 Å². The second-order valence-electron chi connectivity index (χ2n) is 4.37. The van der Waals surface area contributed by atoms with Crippen LogP contribution >= 0.6 is 0 Å². The predicted octanol–water partition coefficient (Wildman–Crippen LogP) is 3.30. The highest BCUT2D eigenvalue weighted by Gasteiger charge is 2.05. The lowest BCUT2D eigenvalue weighted by molar-refractivity contribution is -0.143. The molecule has 0 aromatic heterocycles. The zero-order chi connectivity index (χ0) is 15.5. The molecule has 21 heavy (non-hydrogen) atoms. The first-order valence-electron chi connectivity index (χ1n) is 6.85. The molecule has 0 saturated carbocycles. The van der Waals surface area contributed by atoms with Gasteiger partial charge in [0.1, 0.15) is 6.61 Å². The molecule has 0 amide bonds. The fraction of sp³-hybridized carbons (Fsp3) is 0.294. The largest absolute Gasteiger partial charge is 0.465 e. The summed E-state index contributed by atoms with van der Waals surface area (Å²) >= 11 is 0. The zero-order valence-electron chi connectivity index (χ0n) is 12.2. The average Bonchev–Trinajstić information content (AvgIpc) is 2.52. The van der Waals surface area contributed by atoms with Gasteiger partial charge in [-0.1, -0.05) is 43.9 Å². The van der Waals surface area contributed by atoms with E-state index in [-0.39, 0.29) is 18.5 Å². The van der Waals surface area contributed by atoms with Crippen molar-refractivity contribution in [1.29, 1.82) is 0 Å². The summed E-state index contributed by atoms with van der Waals surface area (Å²) in [6.45, 7) is 6.03. The Hall–Kier alpha value is -2.36. The molecule has 0 heterocycles. The third-order valence-corrected chi connectivity index (χ3v) is 2.59. The molecule has 1 aromatic carbocycles. The van der Waals surface area contributed by atoms with E-state index < -0.39 is 0 Å². The molecular formula is C17H20O4. The van der Waals surface area contributed by atoms with Crippen molar-refractivity contribution in [2.45, 2.75) is 19.8 Å². The normalized spacial score (nSPS) is 10.3. The van der Waals surface area contributed by atoms with Crippen LogP contribution in [0.2, 0.25) is 0 Å². The molecule has 0 fully saturated rings. The molecule has 0 spiro atoms. The minimum Gasteiger partial charge on any atom is -0.465 e. The maximum Gasteiger partial charge on any atom is 0.338 e. The first-order chi connectivity index (χ1) is 10.1. The summed E-state index contributed by atoms with van der Waals surface area (Å²) in [5.41, 5.74) is 1.20. The predicted molar refractivity (Wildman–Crippen MR) is 80.9 cm³/mol. The van der Waals surface area contributed by atoms with Crippen LogP contribution in [0.1, 0.15) is 30.1 Å². The molecule has 1 aromatic rings. The molecule has 1 rings (SSSR count). The molecule has 0 N–H and O–H groups in total.